The van der Waals surface area contributed by atoms with Gasteiger partial charge in [-0.15, -0.1) is 11.3 Å². The molecule has 0 saturated carbocycles. The lowest BCUT2D eigenvalue weighted by molar-refractivity contribution is 0.559. The maximum absolute atomic E-state index is 13.2. The highest BCUT2D eigenvalue weighted by Crippen LogP contribution is 2.29. The summed E-state index contributed by atoms with van der Waals surface area (Å²) in [5, 5.41) is 6.84. The van der Waals surface area contributed by atoms with Crippen LogP contribution in [0.5, 0.6) is 0 Å². The van der Waals surface area contributed by atoms with Gasteiger partial charge >= 0.3 is 0 Å². The van der Waals surface area contributed by atoms with Crippen LogP contribution in [-0.2, 0) is 11.8 Å². The third kappa shape index (κ3) is 4.02. The van der Waals surface area contributed by atoms with Crippen molar-refractivity contribution < 1.29 is 4.39 Å². The molecular formula is C16H20ClFN2S. The molecule has 0 aliphatic carbocycles. The zero-order valence-electron chi connectivity index (χ0n) is 12.7. The van der Waals surface area contributed by atoms with Crippen molar-refractivity contribution in [2.24, 2.45) is 0 Å². The number of rotatable bonds is 4. The highest BCUT2D eigenvalue weighted by Gasteiger charge is 2.20. The molecule has 1 unspecified atom stereocenters. The van der Waals surface area contributed by atoms with E-state index in [1.165, 1.54) is 12.1 Å². The van der Waals surface area contributed by atoms with Gasteiger partial charge in [-0.2, -0.15) is 0 Å². The number of thiazole rings is 1. The van der Waals surface area contributed by atoms with Crippen LogP contribution in [0, 0.1) is 5.82 Å². The standard InChI is InChI=1S/C16H20ClFN2S/c1-16(2,3)14-9-21-15(20-14)8-13(19-4)11-6-5-10(18)7-12(11)17/h5-7,9,13,19H,8H2,1-4H3. The molecule has 0 radical (unpaired) electrons. The number of hydrogen-bond acceptors (Lipinski definition) is 3. The summed E-state index contributed by atoms with van der Waals surface area (Å²) in [5.41, 5.74) is 2.05. The third-order valence-corrected chi connectivity index (χ3v) is 4.58. The molecule has 5 heteroatoms. The summed E-state index contributed by atoms with van der Waals surface area (Å²) in [7, 11) is 1.88. The molecule has 0 saturated heterocycles. The Morgan fingerprint density at radius 3 is 2.62 bits per heavy atom. The molecule has 1 heterocycles. The number of hydrogen-bond donors (Lipinski definition) is 1. The van der Waals surface area contributed by atoms with Gasteiger partial charge in [-0.1, -0.05) is 38.4 Å². The molecule has 0 fully saturated rings. The summed E-state index contributed by atoms with van der Waals surface area (Å²) < 4.78 is 13.2. The molecule has 0 spiro atoms. The Morgan fingerprint density at radius 2 is 2.10 bits per heavy atom. The Labute approximate surface area is 134 Å². The zero-order valence-corrected chi connectivity index (χ0v) is 14.3. The quantitative estimate of drug-likeness (QED) is 0.878. The van der Waals surface area contributed by atoms with Crippen molar-refractivity contribution in [1.29, 1.82) is 0 Å². The lowest BCUT2D eigenvalue weighted by Crippen LogP contribution is -2.19. The van der Waals surface area contributed by atoms with Crippen LogP contribution in [0.4, 0.5) is 4.39 Å². The zero-order chi connectivity index (χ0) is 15.6. The average Bonchev–Trinajstić information content (AvgIpc) is 2.85. The number of likely N-dealkylation sites (N-methyl/N-ethyl adjacent to an activating group) is 1. The van der Waals surface area contributed by atoms with Crippen LogP contribution in [0.15, 0.2) is 23.6 Å². The summed E-state index contributed by atoms with van der Waals surface area (Å²) in [5.74, 6) is -0.317. The van der Waals surface area contributed by atoms with Crippen LogP contribution >= 0.6 is 22.9 Å². The van der Waals surface area contributed by atoms with Crippen molar-refractivity contribution in [3.05, 3.63) is 50.7 Å². The largest absolute Gasteiger partial charge is 0.313 e. The Bertz CT molecular complexity index is 619. The lowest BCUT2D eigenvalue weighted by Gasteiger charge is -2.17. The molecule has 0 aliphatic rings. The molecule has 21 heavy (non-hydrogen) atoms. The van der Waals surface area contributed by atoms with Gasteiger partial charge in [0.1, 0.15) is 5.82 Å². The SMILES string of the molecule is CNC(Cc1nc(C(C)(C)C)cs1)c1ccc(F)cc1Cl. The van der Waals surface area contributed by atoms with E-state index in [1.54, 1.807) is 17.4 Å². The second-order valence-electron chi connectivity index (χ2n) is 6.09. The maximum Gasteiger partial charge on any atom is 0.124 e. The highest BCUT2D eigenvalue weighted by atomic mass is 35.5. The van der Waals surface area contributed by atoms with Crippen molar-refractivity contribution in [2.75, 3.05) is 7.05 Å². The number of nitrogens with zero attached hydrogens (tertiary/aromatic N) is 1. The van der Waals surface area contributed by atoms with E-state index in [-0.39, 0.29) is 17.3 Å². The second-order valence-corrected chi connectivity index (χ2v) is 7.44. The second kappa shape index (κ2) is 6.42. The van der Waals surface area contributed by atoms with Gasteiger partial charge in [0.05, 0.1) is 10.7 Å². The predicted octanol–water partition coefficient (Wildman–Crippen LogP) is 4.74. The van der Waals surface area contributed by atoms with E-state index >= 15 is 0 Å². The predicted molar refractivity (Wildman–Crippen MR) is 87.7 cm³/mol. The normalized spacial score (nSPS) is 13.4. The van der Waals surface area contributed by atoms with Gasteiger partial charge in [0.2, 0.25) is 0 Å². The highest BCUT2D eigenvalue weighted by molar-refractivity contribution is 7.09. The molecule has 114 valence electrons. The van der Waals surface area contributed by atoms with Gasteiger partial charge in [0, 0.05) is 28.3 Å². The molecule has 1 N–H and O–H groups in total. The van der Waals surface area contributed by atoms with Crippen LogP contribution < -0.4 is 5.32 Å². The van der Waals surface area contributed by atoms with Gasteiger partial charge in [-0.25, -0.2) is 9.37 Å². The minimum absolute atomic E-state index is 0.0251. The number of nitrogens with one attached hydrogen (secondary N) is 1. The van der Waals surface area contributed by atoms with Gasteiger partial charge in [0.15, 0.2) is 0 Å². The van der Waals surface area contributed by atoms with E-state index in [1.807, 2.05) is 7.05 Å². The molecular weight excluding hydrogens is 307 g/mol. The summed E-state index contributed by atoms with van der Waals surface area (Å²) in [6.45, 7) is 6.45. The number of halogens is 2. The van der Waals surface area contributed by atoms with Crippen molar-refractivity contribution in [1.82, 2.24) is 10.3 Å². The van der Waals surface area contributed by atoms with Gasteiger partial charge in [-0.3, -0.25) is 0 Å². The Morgan fingerprint density at radius 1 is 1.38 bits per heavy atom. The minimum Gasteiger partial charge on any atom is -0.313 e. The first-order valence-electron chi connectivity index (χ1n) is 6.88. The van der Waals surface area contributed by atoms with Gasteiger partial charge < -0.3 is 5.32 Å². The average molecular weight is 327 g/mol. The number of aromatic nitrogens is 1. The monoisotopic (exact) mass is 326 g/mol. The summed E-state index contributed by atoms with van der Waals surface area (Å²) in [6.07, 6.45) is 0.739. The van der Waals surface area contributed by atoms with Crippen molar-refractivity contribution in [3.63, 3.8) is 0 Å². The first-order chi connectivity index (χ1) is 9.81. The topological polar surface area (TPSA) is 24.9 Å². The van der Waals surface area contributed by atoms with Crippen LogP contribution in [0.25, 0.3) is 0 Å². The Kier molecular flexibility index (Phi) is 5.02. The fraction of sp³-hybridized carbons (Fsp3) is 0.438. The van der Waals surface area contributed by atoms with Crippen LogP contribution in [0.3, 0.4) is 0 Å². The fourth-order valence-electron chi connectivity index (χ4n) is 2.08. The fourth-order valence-corrected chi connectivity index (χ4v) is 3.44. The minimum atomic E-state index is -0.317. The summed E-state index contributed by atoms with van der Waals surface area (Å²) in [6, 6.07) is 4.55. The van der Waals surface area contributed by atoms with E-state index in [0.717, 1.165) is 22.7 Å². The van der Waals surface area contributed by atoms with E-state index in [9.17, 15) is 4.39 Å². The van der Waals surface area contributed by atoms with E-state index in [2.05, 4.69) is 31.5 Å². The lowest BCUT2D eigenvalue weighted by atomic mass is 9.93. The van der Waals surface area contributed by atoms with Crippen molar-refractivity contribution in [3.8, 4) is 0 Å². The third-order valence-electron chi connectivity index (χ3n) is 3.39. The van der Waals surface area contributed by atoms with E-state index in [4.69, 9.17) is 16.6 Å². The first-order valence-corrected chi connectivity index (χ1v) is 8.14. The van der Waals surface area contributed by atoms with Crippen molar-refractivity contribution in [2.45, 2.75) is 38.6 Å². The maximum atomic E-state index is 13.2. The molecule has 0 amide bonds. The Hall–Kier alpha value is -0.970. The summed E-state index contributed by atoms with van der Waals surface area (Å²) >= 11 is 7.81. The van der Waals surface area contributed by atoms with Gasteiger partial charge in [0.25, 0.3) is 0 Å². The molecule has 2 aromatic rings. The van der Waals surface area contributed by atoms with Crippen LogP contribution in [0.2, 0.25) is 5.02 Å². The first kappa shape index (κ1) is 16.4. The summed E-state index contributed by atoms with van der Waals surface area (Å²) in [4.78, 5) is 4.70. The van der Waals surface area contributed by atoms with Crippen LogP contribution in [-0.4, -0.2) is 12.0 Å². The molecule has 1 aromatic heterocycles. The molecule has 1 aromatic carbocycles. The van der Waals surface area contributed by atoms with Crippen LogP contribution in [0.1, 0.15) is 43.1 Å². The molecule has 1 atom stereocenters. The van der Waals surface area contributed by atoms with E-state index in [0.29, 0.717) is 5.02 Å². The molecule has 2 nitrogen and oxygen atoms in total. The smallest absolute Gasteiger partial charge is 0.124 e. The molecule has 2 rings (SSSR count). The van der Waals surface area contributed by atoms with Crippen molar-refractivity contribution >= 4 is 22.9 Å². The molecule has 0 bridgehead atoms. The number of benzene rings is 1. The molecule has 0 aliphatic heterocycles. The van der Waals surface area contributed by atoms with Gasteiger partial charge in [-0.05, 0) is 24.7 Å². The Balaban J connectivity index is 2.21. The van der Waals surface area contributed by atoms with E-state index < -0.39 is 0 Å².